The molecule has 0 amide bonds. The van der Waals surface area contributed by atoms with Crippen LogP contribution < -0.4 is 4.72 Å². The Morgan fingerprint density at radius 3 is 2.74 bits per heavy atom. The minimum atomic E-state index is -0.397. The van der Waals surface area contributed by atoms with Gasteiger partial charge >= 0.3 is 0 Å². The van der Waals surface area contributed by atoms with Crippen molar-refractivity contribution in [1.82, 2.24) is 7.68 Å². The predicted molar refractivity (Wildman–Crippen MR) is 100 cm³/mol. The van der Waals surface area contributed by atoms with Crippen LogP contribution in [0, 0.1) is 17.1 Å². The first kappa shape index (κ1) is 17.6. The van der Waals surface area contributed by atoms with Gasteiger partial charge in [0.1, 0.15) is 23.2 Å². The molecule has 0 unspecified atom stereocenters. The van der Waals surface area contributed by atoms with Crippen LogP contribution in [0.5, 0.6) is 0 Å². The fourth-order valence-corrected chi connectivity index (χ4v) is 3.23. The number of carbonyl (C=O) groups excluding carboxylic acids is 1. The minimum Gasteiger partial charge on any atom is -0.382 e. The van der Waals surface area contributed by atoms with Gasteiger partial charge < -0.3 is 9.62 Å². The molecule has 1 aromatic carbocycles. The van der Waals surface area contributed by atoms with E-state index in [2.05, 4.69) is 4.72 Å². The number of rotatable bonds is 5. The number of nitrogens with one attached hydrogen (secondary N) is 1. The van der Waals surface area contributed by atoms with E-state index in [1.165, 1.54) is 24.2 Å². The monoisotopic (exact) mass is 444 g/mol. The smallest absolute Gasteiger partial charge is 0.222 e. The molecule has 0 atom stereocenters. The van der Waals surface area contributed by atoms with E-state index in [4.69, 9.17) is 0 Å². The zero-order valence-electron chi connectivity index (χ0n) is 12.7. The second-order valence-electron chi connectivity index (χ2n) is 4.95. The summed E-state index contributed by atoms with van der Waals surface area (Å²) in [6, 6.07) is 6.53. The van der Waals surface area contributed by atoms with Gasteiger partial charge in [-0.25, -0.2) is 4.39 Å². The van der Waals surface area contributed by atoms with Gasteiger partial charge in [-0.2, -0.15) is 5.26 Å². The van der Waals surface area contributed by atoms with Crippen molar-refractivity contribution in [3.8, 4) is 6.07 Å². The van der Waals surface area contributed by atoms with Crippen molar-refractivity contribution in [3.05, 3.63) is 41.5 Å². The lowest BCUT2D eigenvalue weighted by Crippen LogP contribution is -2.10. The zero-order valence-corrected chi connectivity index (χ0v) is 15.7. The molecule has 0 aliphatic carbocycles. The minimum absolute atomic E-state index is 0.0265. The first-order valence-corrected chi connectivity index (χ1v) is 8.71. The average Bonchev–Trinajstić information content (AvgIpc) is 2.81. The maximum Gasteiger partial charge on any atom is 0.222 e. The Hall–Kier alpha value is -1.73. The Labute approximate surface area is 151 Å². The maximum absolute atomic E-state index is 14.0. The molecular weight excluding hydrogens is 430 g/mol. The molecule has 23 heavy (non-hydrogen) atoms. The number of halogens is 2. The number of ketones is 1. The van der Waals surface area contributed by atoms with Gasteiger partial charge in [-0.05, 0) is 18.2 Å². The average molecular weight is 444 g/mol. The molecule has 0 saturated carbocycles. The molecule has 8 heteroatoms. The molecule has 2 rings (SSSR count). The molecule has 2 aromatic rings. The topological polar surface area (TPSA) is 61.1 Å². The maximum atomic E-state index is 14.0. The summed E-state index contributed by atoms with van der Waals surface area (Å²) in [5, 5.41) is 9.79. The van der Waals surface area contributed by atoms with Gasteiger partial charge in [0.2, 0.25) is 5.78 Å². The van der Waals surface area contributed by atoms with Gasteiger partial charge in [-0.1, -0.05) is 11.9 Å². The molecule has 1 aromatic heterocycles. The third-order valence-corrected chi connectivity index (χ3v) is 4.49. The number of carbonyl (C=O) groups is 1. The highest BCUT2D eigenvalue weighted by atomic mass is 127. The second kappa shape index (κ2) is 7.23. The summed E-state index contributed by atoms with van der Waals surface area (Å²) in [4.78, 5) is 14.2. The van der Waals surface area contributed by atoms with Crippen LogP contribution >= 0.6 is 34.8 Å². The van der Waals surface area contributed by atoms with Crippen molar-refractivity contribution < 1.29 is 9.18 Å². The SMILES string of the molecule is CSNc1cc2c(cc1F)cc(C(=O)/C(C#N)=C/N(C)C)n2I. The fourth-order valence-electron chi connectivity index (χ4n) is 2.07. The highest BCUT2D eigenvalue weighted by molar-refractivity contribution is 14.1. The summed E-state index contributed by atoms with van der Waals surface area (Å²) in [7, 11) is 3.47. The normalized spacial score (nSPS) is 11.4. The van der Waals surface area contributed by atoms with Gasteiger partial charge in [0.05, 0.1) is 34.1 Å². The standard InChI is InChI=1S/C15H14FIN4OS/c1-20(2)8-10(7-18)15(22)14-5-9-4-11(16)12(19-23-3)6-13(9)21(14)17/h4-6,8,19H,1-3H3/b10-8+. The van der Waals surface area contributed by atoms with Crippen LogP contribution in [-0.4, -0.2) is 33.8 Å². The van der Waals surface area contributed by atoms with Crippen LogP contribution in [-0.2, 0) is 0 Å². The fraction of sp³-hybridized carbons (Fsp3) is 0.200. The van der Waals surface area contributed by atoms with E-state index in [9.17, 15) is 14.4 Å². The van der Waals surface area contributed by atoms with Gasteiger partial charge in [0.15, 0.2) is 0 Å². The van der Waals surface area contributed by atoms with E-state index < -0.39 is 11.6 Å². The highest BCUT2D eigenvalue weighted by Gasteiger charge is 2.20. The van der Waals surface area contributed by atoms with E-state index in [1.807, 2.05) is 28.9 Å². The number of benzene rings is 1. The summed E-state index contributed by atoms with van der Waals surface area (Å²) in [5.74, 6) is -0.788. The molecule has 0 aliphatic rings. The van der Waals surface area contributed by atoms with Crippen LogP contribution in [0.1, 0.15) is 10.5 Å². The Bertz CT molecular complexity index is 838. The molecular formula is C15H14FIN4OS. The number of hydrogen-bond donors (Lipinski definition) is 1. The molecule has 0 spiro atoms. The summed E-state index contributed by atoms with van der Waals surface area (Å²) in [5.41, 5.74) is 1.41. The van der Waals surface area contributed by atoms with Gasteiger partial charge in [0.25, 0.3) is 0 Å². The van der Waals surface area contributed by atoms with Crippen LogP contribution in [0.4, 0.5) is 10.1 Å². The molecule has 0 saturated heterocycles. The molecule has 0 aliphatic heterocycles. The molecule has 0 radical (unpaired) electrons. The van der Waals surface area contributed by atoms with E-state index in [1.54, 1.807) is 40.2 Å². The number of Topliss-reactive ketones (excluding diaryl/α,β-unsaturated/α-hetero) is 1. The van der Waals surface area contributed by atoms with Gasteiger partial charge in [-0.3, -0.25) is 7.58 Å². The third kappa shape index (κ3) is 3.61. The first-order valence-electron chi connectivity index (χ1n) is 6.52. The lowest BCUT2D eigenvalue weighted by atomic mass is 10.1. The summed E-state index contributed by atoms with van der Waals surface area (Å²) < 4.78 is 18.5. The number of allylic oxidation sites excluding steroid dienone is 1. The van der Waals surface area contributed by atoms with E-state index in [0.29, 0.717) is 22.3 Å². The number of aromatic nitrogens is 1. The zero-order chi connectivity index (χ0) is 17.1. The van der Waals surface area contributed by atoms with Crippen molar-refractivity contribution in [2.75, 3.05) is 25.1 Å². The Morgan fingerprint density at radius 1 is 1.48 bits per heavy atom. The number of hydrogen-bond acceptors (Lipinski definition) is 5. The van der Waals surface area contributed by atoms with Crippen molar-refractivity contribution in [1.29, 1.82) is 5.26 Å². The van der Waals surface area contributed by atoms with E-state index in [0.717, 1.165) is 0 Å². The second-order valence-corrected chi connectivity index (χ2v) is 6.53. The molecule has 120 valence electrons. The highest BCUT2D eigenvalue weighted by Crippen LogP contribution is 2.30. The van der Waals surface area contributed by atoms with Crippen LogP contribution in [0.25, 0.3) is 10.9 Å². The lowest BCUT2D eigenvalue weighted by Gasteiger charge is -2.07. The van der Waals surface area contributed by atoms with Crippen LogP contribution in [0.2, 0.25) is 0 Å². The van der Waals surface area contributed by atoms with Crippen molar-refractivity contribution in [3.63, 3.8) is 0 Å². The molecule has 0 fully saturated rings. The molecule has 1 heterocycles. The molecule has 0 bridgehead atoms. The molecule has 5 nitrogen and oxygen atoms in total. The van der Waals surface area contributed by atoms with Crippen molar-refractivity contribution >= 4 is 57.2 Å². The summed E-state index contributed by atoms with van der Waals surface area (Å²) in [6.45, 7) is 0. The quantitative estimate of drug-likeness (QED) is 0.250. The third-order valence-electron chi connectivity index (χ3n) is 3.03. The Balaban J connectivity index is 2.57. The van der Waals surface area contributed by atoms with Crippen molar-refractivity contribution in [2.45, 2.75) is 0 Å². The summed E-state index contributed by atoms with van der Waals surface area (Å²) in [6.07, 6.45) is 3.27. The number of anilines is 1. The van der Waals surface area contributed by atoms with Crippen LogP contribution in [0.15, 0.2) is 30.0 Å². The van der Waals surface area contributed by atoms with Gasteiger partial charge in [0, 0.05) is 31.9 Å². The number of nitrogens with zero attached hydrogens (tertiary/aromatic N) is 3. The Kier molecular flexibility index (Phi) is 5.54. The lowest BCUT2D eigenvalue weighted by molar-refractivity contribution is 0.103. The predicted octanol–water partition coefficient (Wildman–Crippen LogP) is 3.82. The van der Waals surface area contributed by atoms with Gasteiger partial charge in [-0.15, -0.1) is 0 Å². The first-order chi connectivity index (χ1) is 10.9. The largest absolute Gasteiger partial charge is 0.382 e. The number of nitriles is 1. The Morgan fingerprint density at radius 2 is 2.17 bits per heavy atom. The number of fused-ring (bicyclic) bond motifs is 1. The van der Waals surface area contributed by atoms with Crippen molar-refractivity contribution in [2.24, 2.45) is 0 Å². The van der Waals surface area contributed by atoms with E-state index >= 15 is 0 Å². The van der Waals surface area contributed by atoms with Crippen LogP contribution in [0.3, 0.4) is 0 Å². The molecule has 1 N–H and O–H groups in total. The summed E-state index contributed by atoms with van der Waals surface area (Å²) >= 11 is 3.26. The van der Waals surface area contributed by atoms with E-state index in [-0.39, 0.29) is 5.57 Å².